The van der Waals surface area contributed by atoms with E-state index in [2.05, 4.69) is 14.8 Å². The van der Waals surface area contributed by atoms with Crippen molar-refractivity contribution in [2.45, 2.75) is 13.2 Å². The highest BCUT2D eigenvalue weighted by Crippen LogP contribution is 2.11. The zero-order chi connectivity index (χ0) is 11.4. The molecule has 1 atom stereocenters. The third kappa shape index (κ3) is 2.45. The molecule has 1 aromatic rings. The maximum Gasteiger partial charge on any atom is 0.491 e. The van der Waals surface area contributed by atoms with E-state index in [0.29, 0.717) is 4.68 Å². The molecule has 0 spiro atoms. The summed E-state index contributed by atoms with van der Waals surface area (Å²) in [7, 11) is 0. The zero-order valence-corrected chi connectivity index (χ0v) is 7.66. The van der Waals surface area contributed by atoms with Gasteiger partial charge in [-0.2, -0.15) is 0 Å². The molecule has 0 saturated carbocycles. The first-order valence-electron chi connectivity index (χ1n) is 3.92. The quantitative estimate of drug-likeness (QED) is 0.407. The second kappa shape index (κ2) is 4.44. The number of nitro groups is 1. The SMILES string of the molecule is CCOC(=O)C(F)n1cnc([N+](=O)[O-])n1. The lowest BCUT2D eigenvalue weighted by atomic mass is 10.6. The Kier molecular flexibility index (Phi) is 3.26. The standard InChI is InChI=1S/C6H7FN4O4/c1-2-15-5(12)4(7)10-3-8-6(9-10)11(13)14/h3-4H,2H2,1H3. The number of hydrogen-bond acceptors (Lipinski definition) is 6. The van der Waals surface area contributed by atoms with E-state index < -0.39 is 23.1 Å². The Balaban J connectivity index is 2.78. The van der Waals surface area contributed by atoms with Crippen molar-refractivity contribution in [2.24, 2.45) is 0 Å². The Labute approximate surface area is 82.8 Å². The lowest BCUT2D eigenvalue weighted by Crippen LogP contribution is -2.18. The second-order valence-corrected chi connectivity index (χ2v) is 2.37. The minimum atomic E-state index is -2.22. The first-order valence-corrected chi connectivity index (χ1v) is 3.92. The van der Waals surface area contributed by atoms with Crippen molar-refractivity contribution < 1.29 is 18.8 Å². The van der Waals surface area contributed by atoms with Crippen LogP contribution in [0.15, 0.2) is 6.33 Å². The molecule has 0 bridgehead atoms. The van der Waals surface area contributed by atoms with Gasteiger partial charge in [-0.3, -0.25) is 0 Å². The average molecular weight is 218 g/mol. The van der Waals surface area contributed by atoms with Crippen molar-refractivity contribution >= 4 is 11.9 Å². The van der Waals surface area contributed by atoms with Crippen LogP contribution in [0.3, 0.4) is 0 Å². The molecule has 1 unspecified atom stereocenters. The number of carbonyl (C=O) groups excluding carboxylic acids is 1. The number of halogens is 1. The van der Waals surface area contributed by atoms with Crippen molar-refractivity contribution in [3.8, 4) is 0 Å². The molecule has 0 saturated heterocycles. The molecule has 1 aromatic heterocycles. The monoisotopic (exact) mass is 218 g/mol. The molecular formula is C6H7FN4O4. The van der Waals surface area contributed by atoms with Gasteiger partial charge in [-0.05, 0) is 11.8 Å². The van der Waals surface area contributed by atoms with Crippen LogP contribution in [0.4, 0.5) is 10.3 Å². The molecule has 0 amide bonds. The fourth-order valence-electron chi connectivity index (χ4n) is 0.778. The summed E-state index contributed by atoms with van der Waals surface area (Å²) < 4.78 is 17.9. The largest absolute Gasteiger partial charge is 0.491 e. The molecule has 1 rings (SSSR count). The molecule has 0 radical (unpaired) electrons. The van der Waals surface area contributed by atoms with Crippen LogP contribution in [0.2, 0.25) is 0 Å². The van der Waals surface area contributed by atoms with Crippen LogP contribution < -0.4 is 0 Å². The van der Waals surface area contributed by atoms with Gasteiger partial charge in [0.25, 0.3) is 0 Å². The summed E-state index contributed by atoms with van der Waals surface area (Å²) in [5.41, 5.74) is 0. The minimum absolute atomic E-state index is 0.00996. The molecule has 0 fully saturated rings. The second-order valence-electron chi connectivity index (χ2n) is 2.37. The molecule has 0 aliphatic heterocycles. The van der Waals surface area contributed by atoms with Crippen molar-refractivity contribution in [1.82, 2.24) is 14.8 Å². The minimum Gasteiger partial charge on any atom is -0.462 e. The Bertz CT molecular complexity index is 379. The topological polar surface area (TPSA) is 100 Å². The molecule has 0 aromatic carbocycles. The van der Waals surface area contributed by atoms with E-state index in [1.165, 1.54) is 6.92 Å². The van der Waals surface area contributed by atoms with Gasteiger partial charge < -0.3 is 14.9 Å². The summed E-state index contributed by atoms with van der Waals surface area (Å²) in [5.74, 6) is -1.95. The van der Waals surface area contributed by atoms with Gasteiger partial charge in [0.15, 0.2) is 0 Å². The molecule has 8 nitrogen and oxygen atoms in total. The van der Waals surface area contributed by atoms with Crippen LogP contribution in [-0.2, 0) is 9.53 Å². The first-order chi connectivity index (χ1) is 7.06. The van der Waals surface area contributed by atoms with Crippen LogP contribution in [0.25, 0.3) is 0 Å². The number of alkyl halides is 1. The Morgan fingerprint density at radius 1 is 1.87 bits per heavy atom. The number of nitrogens with zero attached hydrogens (tertiary/aromatic N) is 4. The number of ether oxygens (including phenoxy) is 1. The van der Waals surface area contributed by atoms with E-state index in [-0.39, 0.29) is 6.61 Å². The van der Waals surface area contributed by atoms with Crippen molar-refractivity contribution in [1.29, 1.82) is 0 Å². The number of carbonyl (C=O) groups is 1. The number of aromatic nitrogens is 3. The molecular weight excluding hydrogens is 211 g/mol. The predicted octanol–water partition coefficient (Wildman–Crippen LogP) is 0.217. The Morgan fingerprint density at radius 3 is 3.00 bits per heavy atom. The third-order valence-corrected chi connectivity index (χ3v) is 1.37. The lowest BCUT2D eigenvalue weighted by molar-refractivity contribution is -0.394. The summed E-state index contributed by atoms with van der Waals surface area (Å²) >= 11 is 0. The van der Waals surface area contributed by atoms with E-state index >= 15 is 0 Å². The van der Waals surface area contributed by atoms with Crippen LogP contribution in [0.1, 0.15) is 13.2 Å². The van der Waals surface area contributed by atoms with Gasteiger partial charge in [-0.25, -0.2) is 9.18 Å². The van der Waals surface area contributed by atoms with E-state index in [1.807, 2.05) is 0 Å². The summed E-state index contributed by atoms with van der Waals surface area (Å²) in [4.78, 5) is 23.3. The van der Waals surface area contributed by atoms with Crippen molar-refractivity contribution in [2.75, 3.05) is 6.61 Å². The average Bonchev–Trinajstić information content (AvgIpc) is 2.65. The van der Waals surface area contributed by atoms with Crippen LogP contribution in [0, 0.1) is 10.1 Å². The highest BCUT2D eigenvalue weighted by atomic mass is 19.1. The predicted molar refractivity (Wildman–Crippen MR) is 43.5 cm³/mol. The van der Waals surface area contributed by atoms with Gasteiger partial charge in [0.05, 0.1) is 6.61 Å². The summed E-state index contributed by atoms with van der Waals surface area (Å²) in [6, 6.07) is 0. The maximum atomic E-state index is 13.2. The highest BCUT2D eigenvalue weighted by molar-refractivity contribution is 5.72. The molecule has 1 heterocycles. The van der Waals surface area contributed by atoms with Gasteiger partial charge in [0.1, 0.15) is 0 Å². The molecule has 9 heteroatoms. The van der Waals surface area contributed by atoms with Crippen molar-refractivity contribution in [3.05, 3.63) is 16.4 Å². The fraction of sp³-hybridized carbons (Fsp3) is 0.500. The number of hydrogen-bond donors (Lipinski definition) is 0. The van der Waals surface area contributed by atoms with Crippen LogP contribution in [0.5, 0.6) is 0 Å². The fourth-order valence-corrected chi connectivity index (χ4v) is 0.778. The van der Waals surface area contributed by atoms with E-state index in [1.54, 1.807) is 0 Å². The molecule has 0 aliphatic rings. The number of rotatable bonds is 4. The van der Waals surface area contributed by atoms with E-state index in [9.17, 15) is 19.3 Å². The van der Waals surface area contributed by atoms with Crippen molar-refractivity contribution in [3.63, 3.8) is 0 Å². The van der Waals surface area contributed by atoms with Gasteiger partial charge in [-0.1, -0.05) is 4.98 Å². The molecule has 15 heavy (non-hydrogen) atoms. The van der Waals surface area contributed by atoms with Crippen LogP contribution >= 0.6 is 0 Å². The van der Waals surface area contributed by atoms with Gasteiger partial charge in [0.2, 0.25) is 6.33 Å². The normalized spacial score (nSPS) is 12.1. The Hall–Kier alpha value is -2.06. The first kappa shape index (κ1) is 11.0. The van der Waals surface area contributed by atoms with Gasteiger partial charge in [0, 0.05) is 5.10 Å². The summed E-state index contributed by atoms with van der Waals surface area (Å²) in [6.45, 7) is 1.52. The van der Waals surface area contributed by atoms with Gasteiger partial charge >= 0.3 is 18.2 Å². The number of esters is 1. The third-order valence-electron chi connectivity index (χ3n) is 1.37. The Morgan fingerprint density at radius 2 is 2.53 bits per heavy atom. The van der Waals surface area contributed by atoms with E-state index in [4.69, 9.17) is 0 Å². The lowest BCUT2D eigenvalue weighted by Gasteiger charge is -2.03. The smallest absolute Gasteiger partial charge is 0.462 e. The molecule has 0 aliphatic carbocycles. The highest BCUT2D eigenvalue weighted by Gasteiger charge is 2.26. The van der Waals surface area contributed by atoms with Crippen LogP contribution in [-0.4, -0.2) is 32.3 Å². The maximum absolute atomic E-state index is 13.2. The molecule has 82 valence electrons. The summed E-state index contributed by atoms with van der Waals surface area (Å²) in [5, 5.41) is 13.3. The van der Waals surface area contributed by atoms with Gasteiger partial charge in [-0.15, -0.1) is 4.68 Å². The van der Waals surface area contributed by atoms with E-state index in [0.717, 1.165) is 6.33 Å². The molecule has 0 N–H and O–H groups in total. The zero-order valence-electron chi connectivity index (χ0n) is 7.66. The summed E-state index contributed by atoms with van der Waals surface area (Å²) in [6.07, 6.45) is -1.47.